The third-order valence-corrected chi connectivity index (χ3v) is 3.49. The van der Waals surface area contributed by atoms with Crippen molar-refractivity contribution in [2.75, 3.05) is 33.4 Å². The Hall–Kier alpha value is -1.91. The van der Waals surface area contributed by atoms with Gasteiger partial charge in [-0.1, -0.05) is 42.5 Å². The topological polar surface area (TPSA) is 55.6 Å². The first kappa shape index (κ1) is 15.5. The van der Waals surface area contributed by atoms with Gasteiger partial charge >= 0.3 is 0 Å². The SMILES string of the molecule is COCCN(CCN)C(=O)Cc1ccc2ccccc2c1. The van der Waals surface area contributed by atoms with Crippen molar-refractivity contribution in [1.82, 2.24) is 4.90 Å². The highest BCUT2D eigenvalue weighted by molar-refractivity contribution is 5.85. The van der Waals surface area contributed by atoms with Gasteiger partial charge in [-0.2, -0.15) is 0 Å². The quantitative estimate of drug-likeness (QED) is 0.844. The highest BCUT2D eigenvalue weighted by Gasteiger charge is 2.13. The molecule has 0 aliphatic rings. The molecule has 112 valence electrons. The monoisotopic (exact) mass is 286 g/mol. The number of rotatable bonds is 7. The molecule has 1 amide bonds. The number of ether oxygens (including phenoxy) is 1. The van der Waals surface area contributed by atoms with Crippen molar-refractivity contribution in [1.29, 1.82) is 0 Å². The van der Waals surface area contributed by atoms with Crippen LogP contribution in [0.15, 0.2) is 42.5 Å². The van der Waals surface area contributed by atoms with Crippen LogP contribution in [0.1, 0.15) is 5.56 Å². The number of hydrogen-bond donors (Lipinski definition) is 1. The second-order valence-electron chi connectivity index (χ2n) is 5.02. The van der Waals surface area contributed by atoms with Crippen LogP contribution in [-0.2, 0) is 16.0 Å². The standard InChI is InChI=1S/C17H22N2O2/c1-21-11-10-19(9-8-18)17(20)13-14-6-7-15-4-2-3-5-16(15)12-14/h2-7,12H,8-11,13,18H2,1H3. The molecule has 0 saturated heterocycles. The molecule has 0 aromatic heterocycles. The van der Waals surface area contributed by atoms with Crippen LogP contribution in [0.5, 0.6) is 0 Å². The molecule has 0 bridgehead atoms. The molecule has 0 heterocycles. The van der Waals surface area contributed by atoms with Crippen molar-refractivity contribution in [3.63, 3.8) is 0 Å². The molecular formula is C17H22N2O2. The normalized spacial score (nSPS) is 10.8. The fraction of sp³-hybridized carbons (Fsp3) is 0.353. The highest BCUT2D eigenvalue weighted by Crippen LogP contribution is 2.16. The van der Waals surface area contributed by atoms with E-state index in [-0.39, 0.29) is 5.91 Å². The van der Waals surface area contributed by atoms with Gasteiger partial charge in [0.05, 0.1) is 13.0 Å². The van der Waals surface area contributed by atoms with E-state index in [0.29, 0.717) is 32.7 Å². The van der Waals surface area contributed by atoms with Gasteiger partial charge in [0.2, 0.25) is 5.91 Å². The van der Waals surface area contributed by atoms with Crippen molar-refractivity contribution in [2.45, 2.75) is 6.42 Å². The molecule has 0 aliphatic heterocycles. The van der Waals surface area contributed by atoms with Crippen LogP contribution >= 0.6 is 0 Å². The summed E-state index contributed by atoms with van der Waals surface area (Å²) in [7, 11) is 1.63. The summed E-state index contributed by atoms with van der Waals surface area (Å²) in [5.74, 6) is 0.0905. The Labute approximate surface area is 125 Å². The Morgan fingerprint density at radius 3 is 2.62 bits per heavy atom. The second-order valence-corrected chi connectivity index (χ2v) is 5.02. The molecule has 2 aromatic carbocycles. The Balaban J connectivity index is 2.08. The number of nitrogens with zero attached hydrogens (tertiary/aromatic N) is 1. The van der Waals surface area contributed by atoms with Crippen LogP contribution in [0, 0.1) is 0 Å². The maximum atomic E-state index is 12.4. The van der Waals surface area contributed by atoms with Crippen LogP contribution in [0.3, 0.4) is 0 Å². The van der Waals surface area contributed by atoms with Gasteiger partial charge in [0.15, 0.2) is 0 Å². The number of methoxy groups -OCH3 is 1. The molecule has 0 radical (unpaired) electrons. The van der Waals surface area contributed by atoms with Crippen LogP contribution in [0.25, 0.3) is 10.8 Å². The maximum absolute atomic E-state index is 12.4. The lowest BCUT2D eigenvalue weighted by molar-refractivity contribution is -0.131. The maximum Gasteiger partial charge on any atom is 0.227 e. The minimum absolute atomic E-state index is 0.0905. The zero-order valence-electron chi connectivity index (χ0n) is 12.4. The largest absolute Gasteiger partial charge is 0.383 e. The van der Waals surface area contributed by atoms with Crippen LogP contribution in [0.2, 0.25) is 0 Å². The number of fused-ring (bicyclic) bond motifs is 1. The van der Waals surface area contributed by atoms with Crippen LogP contribution in [0.4, 0.5) is 0 Å². The Morgan fingerprint density at radius 1 is 1.14 bits per heavy atom. The van der Waals surface area contributed by atoms with Gasteiger partial charge in [0.1, 0.15) is 0 Å². The van der Waals surface area contributed by atoms with E-state index in [1.54, 1.807) is 12.0 Å². The van der Waals surface area contributed by atoms with Gasteiger partial charge in [-0.3, -0.25) is 4.79 Å². The third kappa shape index (κ3) is 4.28. The molecule has 21 heavy (non-hydrogen) atoms. The van der Waals surface area contributed by atoms with Gasteiger partial charge < -0.3 is 15.4 Å². The molecule has 2 rings (SSSR count). The van der Waals surface area contributed by atoms with Crippen LogP contribution in [-0.4, -0.2) is 44.2 Å². The summed E-state index contributed by atoms with van der Waals surface area (Å²) in [6.07, 6.45) is 0.397. The minimum Gasteiger partial charge on any atom is -0.383 e. The lowest BCUT2D eigenvalue weighted by Crippen LogP contribution is -2.38. The van der Waals surface area contributed by atoms with E-state index >= 15 is 0 Å². The van der Waals surface area contributed by atoms with Crippen molar-refractivity contribution in [2.24, 2.45) is 5.73 Å². The summed E-state index contributed by atoms with van der Waals surface area (Å²) >= 11 is 0. The van der Waals surface area contributed by atoms with Crippen molar-refractivity contribution < 1.29 is 9.53 Å². The molecule has 0 atom stereocenters. The van der Waals surface area contributed by atoms with E-state index in [1.807, 2.05) is 18.2 Å². The number of hydrogen-bond acceptors (Lipinski definition) is 3. The number of nitrogens with two attached hydrogens (primary N) is 1. The molecule has 0 aliphatic carbocycles. The van der Waals surface area contributed by atoms with Gasteiger partial charge in [0.25, 0.3) is 0 Å². The Morgan fingerprint density at radius 2 is 1.90 bits per heavy atom. The first-order valence-corrected chi connectivity index (χ1v) is 7.19. The molecule has 4 heteroatoms. The molecule has 4 nitrogen and oxygen atoms in total. The van der Waals surface area contributed by atoms with Gasteiger partial charge in [-0.05, 0) is 16.3 Å². The number of carbonyl (C=O) groups excluding carboxylic acids is 1. The predicted molar refractivity (Wildman–Crippen MR) is 85.2 cm³/mol. The summed E-state index contributed by atoms with van der Waals surface area (Å²) < 4.78 is 5.04. The fourth-order valence-corrected chi connectivity index (χ4v) is 2.35. The zero-order chi connectivity index (χ0) is 15.1. The van der Waals surface area contributed by atoms with E-state index in [2.05, 4.69) is 24.3 Å². The summed E-state index contributed by atoms with van der Waals surface area (Å²) in [5, 5.41) is 2.34. The molecule has 0 spiro atoms. The predicted octanol–water partition coefficient (Wildman–Crippen LogP) is 1.82. The summed E-state index contributed by atoms with van der Waals surface area (Å²) in [5.41, 5.74) is 6.60. The van der Waals surface area contributed by atoms with Crippen molar-refractivity contribution in [3.8, 4) is 0 Å². The van der Waals surface area contributed by atoms with E-state index in [4.69, 9.17) is 10.5 Å². The van der Waals surface area contributed by atoms with E-state index in [9.17, 15) is 4.79 Å². The van der Waals surface area contributed by atoms with Gasteiger partial charge in [-0.25, -0.2) is 0 Å². The number of amides is 1. The van der Waals surface area contributed by atoms with E-state index in [0.717, 1.165) is 10.9 Å². The summed E-state index contributed by atoms with van der Waals surface area (Å²) in [4.78, 5) is 14.1. The van der Waals surface area contributed by atoms with Crippen LogP contribution < -0.4 is 5.73 Å². The molecular weight excluding hydrogens is 264 g/mol. The Kier molecular flexibility index (Phi) is 5.72. The molecule has 0 unspecified atom stereocenters. The molecule has 2 aromatic rings. The van der Waals surface area contributed by atoms with Gasteiger partial charge in [-0.15, -0.1) is 0 Å². The van der Waals surface area contributed by atoms with E-state index < -0.39 is 0 Å². The smallest absolute Gasteiger partial charge is 0.227 e. The molecule has 0 fully saturated rings. The minimum atomic E-state index is 0.0905. The first-order chi connectivity index (χ1) is 10.2. The fourth-order valence-electron chi connectivity index (χ4n) is 2.35. The highest BCUT2D eigenvalue weighted by atomic mass is 16.5. The Bertz CT molecular complexity index is 598. The van der Waals surface area contributed by atoms with E-state index in [1.165, 1.54) is 5.39 Å². The summed E-state index contributed by atoms with van der Waals surface area (Å²) in [6.45, 7) is 2.15. The lowest BCUT2D eigenvalue weighted by atomic mass is 10.0. The third-order valence-electron chi connectivity index (χ3n) is 3.49. The molecule has 0 saturated carbocycles. The van der Waals surface area contributed by atoms with Gasteiger partial charge in [0, 0.05) is 26.7 Å². The zero-order valence-corrected chi connectivity index (χ0v) is 12.4. The second kappa shape index (κ2) is 7.76. The summed E-state index contributed by atoms with van der Waals surface area (Å²) in [6, 6.07) is 14.3. The average molecular weight is 286 g/mol. The number of carbonyl (C=O) groups is 1. The molecule has 2 N–H and O–H groups in total. The average Bonchev–Trinajstić information content (AvgIpc) is 2.51. The van der Waals surface area contributed by atoms with Crippen molar-refractivity contribution >= 4 is 16.7 Å². The lowest BCUT2D eigenvalue weighted by Gasteiger charge is -2.21. The number of benzene rings is 2. The first-order valence-electron chi connectivity index (χ1n) is 7.19. The van der Waals surface area contributed by atoms with Crippen molar-refractivity contribution in [3.05, 3.63) is 48.0 Å².